The molecule has 1 heterocycles. The third kappa shape index (κ3) is 3.83. The van der Waals surface area contributed by atoms with Crippen LogP contribution in [0.2, 0.25) is 0 Å². The van der Waals surface area contributed by atoms with Crippen LogP contribution in [0.4, 0.5) is 0 Å². The van der Waals surface area contributed by atoms with Gasteiger partial charge in [0.15, 0.2) is 0 Å². The van der Waals surface area contributed by atoms with Crippen LogP contribution in [0.3, 0.4) is 0 Å². The van der Waals surface area contributed by atoms with Crippen LogP contribution in [0.1, 0.15) is 32.6 Å². The molecule has 21 heavy (non-hydrogen) atoms. The van der Waals surface area contributed by atoms with Crippen LogP contribution in [0, 0.1) is 11.8 Å². The average Bonchev–Trinajstić information content (AvgIpc) is 2.47. The van der Waals surface area contributed by atoms with Crippen LogP contribution in [0.25, 0.3) is 0 Å². The number of allylic oxidation sites excluding steroid dienone is 2. The minimum absolute atomic E-state index is 0.0356. The van der Waals surface area contributed by atoms with Crippen molar-refractivity contribution in [1.29, 1.82) is 0 Å². The fourth-order valence-electron chi connectivity index (χ4n) is 3.02. The van der Waals surface area contributed by atoms with E-state index in [4.69, 9.17) is 0 Å². The number of piperidine rings is 1. The first kappa shape index (κ1) is 15.5. The summed E-state index contributed by atoms with van der Waals surface area (Å²) in [7, 11) is 0. The molecule has 0 aromatic heterocycles. The van der Waals surface area contributed by atoms with Crippen molar-refractivity contribution in [2.75, 3.05) is 13.1 Å². The minimum atomic E-state index is -0.911. The largest absolute Gasteiger partial charge is 0.481 e. The second-order valence-electron chi connectivity index (χ2n) is 5.78. The fourth-order valence-corrected chi connectivity index (χ4v) is 3.02. The molecule has 2 atom stereocenters. The van der Waals surface area contributed by atoms with Crippen LogP contribution in [0.5, 0.6) is 0 Å². The van der Waals surface area contributed by atoms with E-state index in [-0.39, 0.29) is 17.9 Å². The molecule has 2 rings (SSSR count). The maximum Gasteiger partial charge on any atom is 0.307 e. The van der Waals surface area contributed by atoms with Gasteiger partial charge in [-0.3, -0.25) is 14.4 Å². The number of hydrogen-bond acceptors (Lipinski definition) is 3. The molecule has 0 aromatic carbocycles. The number of carbonyl (C=O) groups excluding carboxylic acids is 2. The molecule has 1 saturated heterocycles. The Morgan fingerprint density at radius 1 is 1.10 bits per heavy atom. The van der Waals surface area contributed by atoms with E-state index in [0.717, 1.165) is 12.8 Å². The molecule has 6 nitrogen and oxygen atoms in total. The first-order valence-electron chi connectivity index (χ1n) is 7.42. The lowest BCUT2D eigenvalue weighted by atomic mass is 9.82. The Balaban J connectivity index is 1.88. The fraction of sp³-hybridized carbons (Fsp3) is 0.667. The van der Waals surface area contributed by atoms with Crippen molar-refractivity contribution in [3.8, 4) is 0 Å². The van der Waals surface area contributed by atoms with Gasteiger partial charge >= 0.3 is 5.97 Å². The first-order valence-corrected chi connectivity index (χ1v) is 7.42. The summed E-state index contributed by atoms with van der Waals surface area (Å²) >= 11 is 0. The lowest BCUT2D eigenvalue weighted by Gasteiger charge is -2.33. The highest BCUT2D eigenvalue weighted by molar-refractivity contribution is 5.85. The van der Waals surface area contributed by atoms with Gasteiger partial charge in [0.05, 0.1) is 11.8 Å². The molecule has 1 fully saturated rings. The van der Waals surface area contributed by atoms with Gasteiger partial charge in [-0.1, -0.05) is 12.2 Å². The molecule has 0 spiro atoms. The number of carbonyl (C=O) groups is 3. The van der Waals surface area contributed by atoms with Gasteiger partial charge in [0.2, 0.25) is 11.8 Å². The number of hydrogen-bond donors (Lipinski definition) is 2. The van der Waals surface area contributed by atoms with E-state index in [1.165, 1.54) is 0 Å². The summed E-state index contributed by atoms with van der Waals surface area (Å²) < 4.78 is 0. The van der Waals surface area contributed by atoms with Crippen molar-refractivity contribution < 1.29 is 19.5 Å². The predicted octanol–water partition coefficient (Wildman–Crippen LogP) is 0.780. The third-order valence-corrected chi connectivity index (χ3v) is 4.37. The number of nitrogens with one attached hydrogen (secondary N) is 1. The minimum Gasteiger partial charge on any atom is -0.481 e. The highest BCUT2D eigenvalue weighted by Gasteiger charge is 2.35. The maximum atomic E-state index is 12.3. The lowest BCUT2D eigenvalue weighted by Crippen LogP contribution is -2.49. The van der Waals surface area contributed by atoms with E-state index >= 15 is 0 Å². The van der Waals surface area contributed by atoms with Crippen molar-refractivity contribution in [2.45, 2.75) is 38.6 Å². The molecule has 2 aliphatic rings. The molecule has 0 saturated carbocycles. The SMILES string of the molecule is CC(=O)N1CCC(NC(=O)C2CC=CCC2C(=O)O)CC1. The molecule has 1 aliphatic carbocycles. The first-order chi connectivity index (χ1) is 9.99. The number of nitrogens with zero attached hydrogens (tertiary/aromatic N) is 1. The van der Waals surface area contributed by atoms with Crippen LogP contribution in [0.15, 0.2) is 12.2 Å². The molecule has 0 aromatic rings. The quantitative estimate of drug-likeness (QED) is 0.753. The maximum absolute atomic E-state index is 12.3. The van der Waals surface area contributed by atoms with E-state index in [1.807, 2.05) is 12.2 Å². The van der Waals surface area contributed by atoms with Crippen LogP contribution in [-0.2, 0) is 14.4 Å². The number of carboxylic acids is 1. The van der Waals surface area contributed by atoms with Gasteiger partial charge in [0.25, 0.3) is 0 Å². The van der Waals surface area contributed by atoms with Gasteiger partial charge in [-0.25, -0.2) is 0 Å². The number of carboxylic acid groups (broad SMARTS) is 1. The number of aliphatic carboxylic acids is 1. The van der Waals surface area contributed by atoms with Crippen molar-refractivity contribution in [2.24, 2.45) is 11.8 Å². The Bertz CT molecular complexity index is 453. The molecule has 0 bridgehead atoms. The zero-order valence-corrected chi connectivity index (χ0v) is 12.2. The highest BCUT2D eigenvalue weighted by Crippen LogP contribution is 2.26. The number of likely N-dealkylation sites (tertiary alicyclic amines) is 1. The van der Waals surface area contributed by atoms with Gasteiger partial charge < -0.3 is 15.3 Å². The molecule has 2 amide bonds. The molecule has 116 valence electrons. The topological polar surface area (TPSA) is 86.7 Å². The molecule has 1 aliphatic heterocycles. The van der Waals surface area contributed by atoms with Crippen molar-refractivity contribution >= 4 is 17.8 Å². The summed E-state index contributed by atoms with van der Waals surface area (Å²) in [5.74, 6) is -2.15. The number of rotatable bonds is 3. The van der Waals surface area contributed by atoms with E-state index in [9.17, 15) is 19.5 Å². The van der Waals surface area contributed by atoms with E-state index < -0.39 is 17.8 Å². The van der Waals surface area contributed by atoms with E-state index in [1.54, 1.807) is 11.8 Å². The molecular formula is C15H22N2O4. The molecule has 6 heteroatoms. The summed E-state index contributed by atoms with van der Waals surface area (Å²) in [4.78, 5) is 36.6. The van der Waals surface area contributed by atoms with Gasteiger partial charge in [-0.2, -0.15) is 0 Å². The van der Waals surface area contributed by atoms with E-state index in [2.05, 4.69) is 5.32 Å². The second kappa shape index (κ2) is 6.74. The zero-order valence-electron chi connectivity index (χ0n) is 12.2. The van der Waals surface area contributed by atoms with Gasteiger partial charge in [-0.15, -0.1) is 0 Å². The van der Waals surface area contributed by atoms with Gasteiger partial charge in [-0.05, 0) is 25.7 Å². The van der Waals surface area contributed by atoms with Crippen LogP contribution >= 0.6 is 0 Å². The summed E-state index contributed by atoms with van der Waals surface area (Å²) in [5.41, 5.74) is 0. The summed E-state index contributed by atoms with van der Waals surface area (Å²) in [6.45, 7) is 2.84. The van der Waals surface area contributed by atoms with Crippen LogP contribution < -0.4 is 5.32 Å². The Hall–Kier alpha value is -1.85. The highest BCUT2D eigenvalue weighted by atomic mass is 16.4. The van der Waals surface area contributed by atoms with Gasteiger partial charge in [0, 0.05) is 26.1 Å². The normalized spacial score (nSPS) is 26.4. The summed E-state index contributed by atoms with van der Waals surface area (Å²) in [5, 5.41) is 12.2. The molecule has 0 radical (unpaired) electrons. The smallest absolute Gasteiger partial charge is 0.307 e. The summed E-state index contributed by atoms with van der Waals surface area (Å²) in [6.07, 6.45) is 6.05. The van der Waals surface area contributed by atoms with Crippen LogP contribution in [-0.4, -0.2) is 46.9 Å². The van der Waals surface area contributed by atoms with E-state index in [0.29, 0.717) is 25.9 Å². The third-order valence-electron chi connectivity index (χ3n) is 4.37. The number of amides is 2. The standard InChI is InChI=1S/C15H22N2O4/c1-10(18)17-8-6-11(7-9-17)16-14(19)12-4-2-3-5-13(12)15(20)21/h2-3,11-13H,4-9H2,1H3,(H,16,19)(H,20,21). The molecule has 2 unspecified atom stereocenters. The average molecular weight is 294 g/mol. The van der Waals surface area contributed by atoms with Gasteiger partial charge in [0.1, 0.15) is 0 Å². The monoisotopic (exact) mass is 294 g/mol. The van der Waals surface area contributed by atoms with Crippen molar-refractivity contribution in [1.82, 2.24) is 10.2 Å². The Morgan fingerprint density at radius 2 is 1.67 bits per heavy atom. The van der Waals surface area contributed by atoms with Crippen molar-refractivity contribution in [3.63, 3.8) is 0 Å². The summed E-state index contributed by atoms with van der Waals surface area (Å²) in [6, 6.07) is 0.0356. The Kier molecular flexibility index (Phi) is 4.98. The second-order valence-corrected chi connectivity index (χ2v) is 5.78. The Morgan fingerprint density at radius 3 is 2.19 bits per heavy atom. The predicted molar refractivity (Wildman–Crippen MR) is 76.4 cm³/mol. The molecular weight excluding hydrogens is 272 g/mol. The lowest BCUT2D eigenvalue weighted by molar-refractivity contribution is -0.147. The zero-order chi connectivity index (χ0) is 15.4. The Labute approximate surface area is 124 Å². The molecule has 2 N–H and O–H groups in total. The van der Waals surface area contributed by atoms with Crippen molar-refractivity contribution in [3.05, 3.63) is 12.2 Å².